The number of hydrogen-bond donors (Lipinski definition) is 0. The Morgan fingerprint density at radius 3 is 2.76 bits per heavy atom. The van der Waals surface area contributed by atoms with E-state index in [1.807, 2.05) is 0 Å². The van der Waals surface area contributed by atoms with E-state index in [1.54, 1.807) is 41.3 Å². The van der Waals surface area contributed by atoms with Gasteiger partial charge in [0.2, 0.25) is 0 Å². The van der Waals surface area contributed by atoms with E-state index in [2.05, 4.69) is 0 Å². The Morgan fingerprint density at radius 2 is 2.00 bits per heavy atom. The van der Waals surface area contributed by atoms with Crippen molar-refractivity contribution in [3.05, 3.63) is 69.5 Å². The molecule has 0 N–H and O–H groups in total. The van der Waals surface area contributed by atoms with Gasteiger partial charge in [0.15, 0.2) is 0 Å². The molecule has 3 rings (SSSR count). The summed E-state index contributed by atoms with van der Waals surface area (Å²) in [6, 6.07) is 11.4. The molecular weight excluding hydrogens is 364 g/mol. The predicted octanol–water partition coefficient (Wildman–Crippen LogP) is 4.95. The minimum Gasteiger partial charge on any atom is -0.372 e. The van der Waals surface area contributed by atoms with Crippen LogP contribution in [0.15, 0.2) is 42.5 Å². The number of likely N-dealkylation sites (tertiary alicyclic amines) is 1. The molecule has 0 spiro atoms. The van der Waals surface area contributed by atoms with E-state index in [0.717, 1.165) is 12.8 Å². The van der Waals surface area contributed by atoms with Gasteiger partial charge in [-0.15, -0.1) is 0 Å². The highest BCUT2D eigenvalue weighted by atomic mass is 35.5. The van der Waals surface area contributed by atoms with Crippen molar-refractivity contribution in [1.82, 2.24) is 4.90 Å². The molecule has 3 nitrogen and oxygen atoms in total. The lowest BCUT2D eigenvalue weighted by Crippen LogP contribution is -2.43. The second kappa shape index (κ2) is 8.17. The number of hydrogen-bond acceptors (Lipinski definition) is 2. The number of ether oxygens (including phenoxy) is 1. The SMILES string of the molecule is O=C(c1ccc(Cl)c(Cl)c1)N1CCC[C@@H](OCc2ccccc2F)C1. The first-order chi connectivity index (χ1) is 12.0. The Bertz CT molecular complexity index is 769. The van der Waals surface area contributed by atoms with Crippen LogP contribution in [0, 0.1) is 5.82 Å². The van der Waals surface area contributed by atoms with Crippen LogP contribution >= 0.6 is 23.2 Å². The minimum absolute atomic E-state index is 0.0993. The lowest BCUT2D eigenvalue weighted by atomic mass is 10.1. The highest BCUT2D eigenvalue weighted by Gasteiger charge is 2.25. The summed E-state index contributed by atoms with van der Waals surface area (Å²) in [7, 11) is 0. The van der Waals surface area contributed by atoms with Crippen molar-refractivity contribution in [3.63, 3.8) is 0 Å². The van der Waals surface area contributed by atoms with Crippen molar-refractivity contribution in [3.8, 4) is 0 Å². The first-order valence-electron chi connectivity index (χ1n) is 8.14. The minimum atomic E-state index is -0.276. The Labute approximate surface area is 156 Å². The number of piperidine rings is 1. The van der Waals surface area contributed by atoms with Crippen molar-refractivity contribution in [2.75, 3.05) is 13.1 Å². The topological polar surface area (TPSA) is 29.5 Å². The van der Waals surface area contributed by atoms with Gasteiger partial charge >= 0.3 is 0 Å². The van der Waals surface area contributed by atoms with Crippen molar-refractivity contribution in [2.24, 2.45) is 0 Å². The molecule has 1 aliphatic heterocycles. The zero-order chi connectivity index (χ0) is 17.8. The van der Waals surface area contributed by atoms with E-state index >= 15 is 0 Å². The van der Waals surface area contributed by atoms with E-state index < -0.39 is 0 Å². The second-order valence-electron chi connectivity index (χ2n) is 6.05. The van der Waals surface area contributed by atoms with Crippen LogP contribution in [-0.2, 0) is 11.3 Å². The van der Waals surface area contributed by atoms with Gasteiger partial charge in [-0.2, -0.15) is 0 Å². The molecule has 1 fully saturated rings. The molecule has 0 aromatic heterocycles. The Morgan fingerprint density at radius 1 is 1.20 bits per heavy atom. The van der Waals surface area contributed by atoms with Crippen molar-refractivity contribution in [2.45, 2.75) is 25.6 Å². The predicted molar refractivity (Wildman–Crippen MR) is 96.6 cm³/mol. The number of benzene rings is 2. The number of carbonyl (C=O) groups excluding carboxylic acids is 1. The summed E-state index contributed by atoms with van der Waals surface area (Å²) in [4.78, 5) is 14.4. The average molecular weight is 382 g/mol. The van der Waals surface area contributed by atoms with Crippen LogP contribution in [0.3, 0.4) is 0 Å². The van der Waals surface area contributed by atoms with E-state index in [9.17, 15) is 9.18 Å². The maximum atomic E-state index is 13.7. The zero-order valence-electron chi connectivity index (χ0n) is 13.6. The van der Waals surface area contributed by atoms with Crippen molar-refractivity contribution < 1.29 is 13.9 Å². The number of carbonyl (C=O) groups is 1. The summed E-state index contributed by atoms with van der Waals surface area (Å²) < 4.78 is 19.5. The fourth-order valence-corrected chi connectivity index (χ4v) is 3.19. The molecule has 1 atom stereocenters. The Kier molecular flexibility index (Phi) is 5.94. The van der Waals surface area contributed by atoms with E-state index in [4.69, 9.17) is 27.9 Å². The molecule has 0 bridgehead atoms. The van der Waals surface area contributed by atoms with Crippen LogP contribution in [0.5, 0.6) is 0 Å². The van der Waals surface area contributed by atoms with Crippen LogP contribution in [0.1, 0.15) is 28.8 Å². The molecule has 1 heterocycles. The van der Waals surface area contributed by atoms with Gasteiger partial charge in [-0.05, 0) is 37.1 Å². The van der Waals surface area contributed by atoms with Gasteiger partial charge in [-0.3, -0.25) is 4.79 Å². The smallest absolute Gasteiger partial charge is 0.253 e. The molecule has 0 unspecified atom stereocenters. The van der Waals surface area contributed by atoms with Crippen LogP contribution in [-0.4, -0.2) is 30.0 Å². The fourth-order valence-electron chi connectivity index (χ4n) is 2.89. The summed E-state index contributed by atoms with van der Waals surface area (Å²) in [5.41, 5.74) is 1.03. The second-order valence-corrected chi connectivity index (χ2v) is 6.86. The van der Waals surface area contributed by atoms with Crippen molar-refractivity contribution in [1.29, 1.82) is 0 Å². The van der Waals surface area contributed by atoms with Gasteiger partial charge in [0, 0.05) is 24.2 Å². The summed E-state index contributed by atoms with van der Waals surface area (Å²) in [5.74, 6) is -0.375. The van der Waals surface area contributed by atoms with Gasteiger partial charge in [0.1, 0.15) is 5.82 Å². The molecule has 1 amide bonds. The number of amides is 1. The maximum absolute atomic E-state index is 13.7. The van der Waals surface area contributed by atoms with E-state index in [1.165, 1.54) is 6.07 Å². The van der Waals surface area contributed by atoms with E-state index in [0.29, 0.717) is 34.3 Å². The van der Waals surface area contributed by atoms with Crippen molar-refractivity contribution >= 4 is 29.1 Å². The standard InChI is InChI=1S/C19H18Cl2FNO2/c20-16-8-7-13(10-17(16)21)19(24)23-9-3-5-15(11-23)25-12-14-4-1-2-6-18(14)22/h1-2,4,6-8,10,15H,3,5,9,11-12H2/t15-/m1/s1. The summed E-state index contributed by atoms with van der Waals surface area (Å²) in [6.45, 7) is 1.35. The highest BCUT2D eigenvalue weighted by molar-refractivity contribution is 6.42. The number of nitrogens with zero attached hydrogens (tertiary/aromatic N) is 1. The summed E-state index contributed by atoms with van der Waals surface area (Å²) in [6.07, 6.45) is 1.58. The van der Waals surface area contributed by atoms with Gasteiger partial charge in [-0.25, -0.2) is 4.39 Å². The van der Waals surface area contributed by atoms with Crippen LogP contribution < -0.4 is 0 Å². The lowest BCUT2D eigenvalue weighted by molar-refractivity contribution is -0.00761. The average Bonchev–Trinajstić information content (AvgIpc) is 2.63. The molecule has 1 saturated heterocycles. The molecule has 0 saturated carbocycles. The number of halogens is 3. The van der Waals surface area contributed by atoms with E-state index in [-0.39, 0.29) is 24.4 Å². The van der Waals surface area contributed by atoms with Crippen LogP contribution in [0.25, 0.3) is 0 Å². The first-order valence-corrected chi connectivity index (χ1v) is 8.89. The van der Waals surface area contributed by atoms with Gasteiger partial charge in [0.25, 0.3) is 5.91 Å². The molecule has 1 aliphatic rings. The molecule has 25 heavy (non-hydrogen) atoms. The zero-order valence-corrected chi connectivity index (χ0v) is 15.1. The molecule has 0 aliphatic carbocycles. The van der Waals surface area contributed by atoms with Crippen LogP contribution in [0.4, 0.5) is 4.39 Å². The Hall–Kier alpha value is -1.62. The molecule has 2 aromatic carbocycles. The van der Waals surface area contributed by atoms with Gasteiger partial charge < -0.3 is 9.64 Å². The first kappa shape index (κ1) is 18.2. The monoisotopic (exact) mass is 381 g/mol. The Balaban J connectivity index is 1.61. The third kappa shape index (κ3) is 4.51. The third-order valence-corrected chi connectivity index (χ3v) is 5.00. The molecular formula is C19H18Cl2FNO2. The highest BCUT2D eigenvalue weighted by Crippen LogP contribution is 2.24. The quantitative estimate of drug-likeness (QED) is 0.749. The molecule has 2 aromatic rings. The molecule has 6 heteroatoms. The van der Waals surface area contributed by atoms with Crippen LogP contribution in [0.2, 0.25) is 10.0 Å². The number of rotatable bonds is 4. The largest absolute Gasteiger partial charge is 0.372 e. The molecule has 132 valence electrons. The molecule has 0 radical (unpaired) electrons. The fraction of sp³-hybridized carbons (Fsp3) is 0.316. The normalized spacial score (nSPS) is 17.6. The van der Waals surface area contributed by atoms with Gasteiger partial charge in [-0.1, -0.05) is 41.4 Å². The maximum Gasteiger partial charge on any atom is 0.253 e. The summed E-state index contributed by atoms with van der Waals surface area (Å²) >= 11 is 11.9. The summed E-state index contributed by atoms with van der Waals surface area (Å²) in [5, 5.41) is 0.778. The third-order valence-electron chi connectivity index (χ3n) is 4.26. The lowest BCUT2D eigenvalue weighted by Gasteiger charge is -2.33. The van der Waals surface area contributed by atoms with Gasteiger partial charge in [0.05, 0.1) is 22.8 Å².